The number of nitro groups is 1. The molecule has 0 radical (unpaired) electrons. The molecule has 3 aromatic rings. The topological polar surface area (TPSA) is 69.9 Å². The highest BCUT2D eigenvalue weighted by Gasteiger charge is 2.35. The molecule has 188 valence electrons. The molecule has 0 bridgehead atoms. The molecule has 2 aliphatic heterocycles. The van der Waals surface area contributed by atoms with Crippen molar-refractivity contribution in [1.29, 1.82) is 0 Å². The first kappa shape index (κ1) is 24.1. The van der Waals surface area contributed by atoms with Crippen molar-refractivity contribution in [2.45, 2.75) is 25.6 Å². The Labute approximate surface area is 205 Å². The van der Waals surface area contributed by atoms with Gasteiger partial charge in [0.2, 0.25) is 0 Å². The lowest BCUT2D eigenvalue weighted by molar-refractivity contribution is -0.385. The summed E-state index contributed by atoms with van der Waals surface area (Å²) in [5.41, 5.74) is 2.68. The molecule has 36 heavy (non-hydrogen) atoms. The first-order chi connectivity index (χ1) is 17.2. The monoisotopic (exact) mass is 498 g/mol. The Morgan fingerprint density at radius 1 is 0.917 bits per heavy atom. The number of halogens is 3. The van der Waals surface area contributed by atoms with Gasteiger partial charge in [-0.25, -0.2) is 0 Å². The third-order valence-electron chi connectivity index (χ3n) is 6.89. The molecule has 7 nitrogen and oxygen atoms in total. The van der Waals surface area contributed by atoms with E-state index < -0.39 is 25.0 Å². The van der Waals surface area contributed by atoms with E-state index in [1.54, 1.807) is 36.4 Å². The summed E-state index contributed by atoms with van der Waals surface area (Å²) in [6.45, 7) is 3.01. The molecule has 0 spiro atoms. The summed E-state index contributed by atoms with van der Waals surface area (Å²) < 4.78 is 38.6. The lowest BCUT2D eigenvalue weighted by Crippen LogP contribution is -2.31. The zero-order valence-corrected chi connectivity index (χ0v) is 19.5. The second-order valence-corrected chi connectivity index (χ2v) is 9.16. The van der Waals surface area contributed by atoms with E-state index in [2.05, 4.69) is 9.80 Å². The molecule has 0 aliphatic carbocycles. The molecule has 10 heteroatoms. The van der Waals surface area contributed by atoms with E-state index in [0.717, 1.165) is 30.6 Å². The predicted octanol–water partition coefficient (Wildman–Crippen LogP) is 5.37. The average molecular weight is 499 g/mol. The smallest absolute Gasteiger partial charge is 0.370 e. The molecule has 2 aliphatic rings. The van der Waals surface area contributed by atoms with Crippen molar-refractivity contribution in [2.75, 3.05) is 42.5 Å². The Kier molecular flexibility index (Phi) is 6.29. The van der Waals surface area contributed by atoms with Crippen LogP contribution in [0, 0.1) is 10.1 Å². The molecule has 0 N–H and O–H groups in total. The number of hydrogen-bond acceptors (Lipinski definition) is 5. The number of carbonyl (C=O) groups is 1. The molecule has 1 saturated heterocycles. The summed E-state index contributed by atoms with van der Waals surface area (Å²) in [6, 6.07) is 15.8. The number of carbonyl (C=O) groups excluding carboxylic acids is 1. The van der Waals surface area contributed by atoms with Gasteiger partial charge < -0.3 is 9.80 Å². The molecule has 2 heterocycles. The van der Waals surface area contributed by atoms with Crippen LogP contribution in [0.5, 0.6) is 0 Å². The van der Waals surface area contributed by atoms with Crippen LogP contribution in [0.3, 0.4) is 0 Å². The van der Waals surface area contributed by atoms with E-state index in [4.69, 9.17) is 0 Å². The fraction of sp³-hybridized carbons (Fsp3) is 0.346. The standard InChI is InChI=1S/C26H25F3N4O3/c27-26(28,29)11-14-32-23-10-9-22(19-6-3-7-20(24(19)23)25(32)34)31-13-4-12-30(15-16-31)17-18-5-1-2-8-21(18)33(35)36/h1-3,5-10H,4,11-17H2. The molecule has 0 aromatic heterocycles. The van der Waals surface area contributed by atoms with E-state index in [0.29, 0.717) is 41.8 Å². The molecule has 1 amide bonds. The minimum absolute atomic E-state index is 0.117. The second-order valence-electron chi connectivity index (χ2n) is 9.16. The van der Waals surface area contributed by atoms with Crippen molar-refractivity contribution in [1.82, 2.24) is 4.90 Å². The molecule has 0 unspecified atom stereocenters. The number of amides is 1. The van der Waals surface area contributed by atoms with Crippen molar-refractivity contribution >= 4 is 33.7 Å². The summed E-state index contributed by atoms with van der Waals surface area (Å²) in [4.78, 5) is 29.6. The van der Waals surface area contributed by atoms with Crippen LogP contribution in [0.1, 0.15) is 28.8 Å². The van der Waals surface area contributed by atoms with E-state index in [-0.39, 0.29) is 10.6 Å². The molecule has 0 atom stereocenters. The van der Waals surface area contributed by atoms with Gasteiger partial charge in [0, 0.05) is 72.9 Å². The van der Waals surface area contributed by atoms with Gasteiger partial charge in [0.1, 0.15) is 0 Å². The number of benzene rings is 3. The average Bonchev–Trinajstić information content (AvgIpc) is 2.97. The number of hydrogen-bond donors (Lipinski definition) is 0. The maximum Gasteiger partial charge on any atom is 0.390 e. The van der Waals surface area contributed by atoms with Crippen molar-refractivity contribution in [3.05, 3.63) is 75.8 Å². The Bertz CT molecular complexity index is 1330. The highest BCUT2D eigenvalue weighted by Crippen LogP contribution is 2.42. The van der Waals surface area contributed by atoms with Crippen molar-refractivity contribution in [2.24, 2.45) is 0 Å². The zero-order valence-electron chi connectivity index (χ0n) is 19.5. The highest BCUT2D eigenvalue weighted by molar-refractivity contribution is 6.26. The van der Waals surface area contributed by atoms with Crippen LogP contribution >= 0.6 is 0 Å². The fourth-order valence-electron chi connectivity index (χ4n) is 5.20. The Morgan fingerprint density at radius 2 is 1.69 bits per heavy atom. The third kappa shape index (κ3) is 4.60. The zero-order chi connectivity index (χ0) is 25.4. The quantitative estimate of drug-likeness (QED) is 0.338. The van der Waals surface area contributed by atoms with Gasteiger partial charge in [-0.3, -0.25) is 19.8 Å². The third-order valence-corrected chi connectivity index (χ3v) is 6.89. The predicted molar refractivity (Wildman–Crippen MR) is 131 cm³/mol. The molecule has 5 rings (SSSR count). The summed E-state index contributed by atoms with van der Waals surface area (Å²) in [5.74, 6) is -0.400. The van der Waals surface area contributed by atoms with Crippen LogP contribution in [0.4, 0.5) is 30.2 Å². The van der Waals surface area contributed by atoms with Crippen molar-refractivity contribution < 1.29 is 22.9 Å². The van der Waals surface area contributed by atoms with Crippen LogP contribution in [-0.4, -0.2) is 54.6 Å². The minimum atomic E-state index is -4.34. The van der Waals surface area contributed by atoms with Crippen LogP contribution < -0.4 is 9.80 Å². The van der Waals surface area contributed by atoms with Crippen LogP contribution in [0.2, 0.25) is 0 Å². The number of nitro benzene ring substituents is 1. The molecule has 3 aromatic carbocycles. The first-order valence-corrected chi connectivity index (χ1v) is 11.9. The summed E-state index contributed by atoms with van der Waals surface area (Å²) in [7, 11) is 0. The van der Waals surface area contributed by atoms with Gasteiger partial charge in [-0.1, -0.05) is 30.3 Å². The van der Waals surface area contributed by atoms with Crippen molar-refractivity contribution in [3.63, 3.8) is 0 Å². The van der Waals surface area contributed by atoms with Crippen LogP contribution in [0.15, 0.2) is 54.6 Å². The summed E-state index contributed by atoms with van der Waals surface area (Å²) >= 11 is 0. The molecule has 1 fully saturated rings. The number of nitrogens with zero attached hydrogens (tertiary/aromatic N) is 4. The van der Waals surface area contributed by atoms with Gasteiger partial charge in [-0.2, -0.15) is 13.2 Å². The van der Waals surface area contributed by atoms with Gasteiger partial charge in [-0.05, 0) is 24.6 Å². The fourth-order valence-corrected chi connectivity index (χ4v) is 5.20. The summed E-state index contributed by atoms with van der Waals surface area (Å²) in [6.07, 6.45) is -4.55. The largest absolute Gasteiger partial charge is 0.390 e. The molecular weight excluding hydrogens is 473 g/mol. The molecular formula is C26H25F3N4O3. The lowest BCUT2D eigenvalue weighted by atomic mass is 10.0. The first-order valence-electron chi connectivity index (χ1n) is 11.9. The van der Waals surface area contributed by atoms with Gasteiger partial charge in [0.25, 0.3) is 11.6 Å². The van der Waals surface area contributed by atoms with E-state index in [1.807, 2.05) is 12.1 Å². The van der Waals surface area contributed by atoms with E-state index in [9.17, 15) is 28.1 Å². The maximum absolute atomic E-state index is 12.9. The Balaban J connectivity index is 1.38. The number of anilines is 2. The van der Waals surface area contributed by atoms with Crippen LogP contribution in [-0.2, 0) is 6.54 Å². The van der Waals surface area contributed by atoms with Crippen LogP contribution in [0.25, 0.3) is 10.8 Å². The lowest BCUT2D eigenvalue weighted by Gasteiger charge is -2.26. The summed E-state index contributed by atoms with van der Waals surface area (Å²) in [5, 5.41) is 12.9. The van der Waals surface area contributed by atoms with Gasteiger partial charge in [-0.15, -0.1) is 0 Å². The number of rotatable bonds is 6. The number of para-hydroxylation sites is 1. The highest BCUT2D eigenvalue weighted by atomic mass is 19.4. The van der Waals surface area contributed by atoms with Crippen molar-refractivity contribution in [3.8, 4) is 0 Å². The number of alkyl halides is 3. The van der Waals surface area contributed by atoms with Gasteiger partial charge >= 0.3 is 6.18 Å². The normalized spacial score (nSPS) is 16.6. The second kappa shape index (κ2) is 9.42. The van der Waals surface area contributed by atoms with E-state index >= 15 is 0 Å². The SMILES string of the molecule is O=C1c2cccc3c(N4CCCN(Cc5ccccc5[N+](=O)[O-])CC4)ccc(c23)N1CCC(F)(F)F. The van der Waals surface area contributed by atoms with E-state index in [1.165, 1.54) is 11.0 Å². The minimum Gasteiger partial charge on any atom is -0.370 e. The Hall–Kier alpha value is -3.66. The Morgan fingerprint density at radius 3 is 2.47 bits per heavy atom. The molecule has 0 saturated carbocycles. The maximum atomic E-state index is 12.9. The van der Waals surface area contributed by atoms with Gasteiger partial charge in [0.05, 0.1) is 17.0 Å². The van der Waals surface area contributed by atoms with Gasteiger partial charge in [0.15, 0.2) is 0 Å².